The molecule has 0 aromatic rings. The van der Waals surface area contributed by atoms with Gasteiger partial charge in [-0.05, 0) is 38.0 Å². The van der Waals surface area contributed by atoms with Gasteiger partial charge < -0.3 is 10.8 Å². The van der Waals surface area contributed by atoms with Crippen molar-refractivity contribution >= 4 is 0 Å². The van der Waals surface area contributed by atoms with Crippen LogP contribution in [0.25, 0.3) is 0 Å². The molecule has 0 radical (unpaired) electrons. The zero-order chi connectivity index (χ0) is 7.19. The fraction of sp³-hybridized carbons (Fsp3) is 1.00. The number of rotatable bonds is 1. The third kappa shape index (κ3) is 0.956. The topological polar surface area (TPSA) is 46.2 Å². The molecular weight excluding hydrogens is 126 g/mol. The van der Waals surface area contributed by atoms with Crippen molar-refractivity contribution in [2.24, 2.45) is 11.7 Å². The molecule has 0 heterocycles. The van der Waals surface area contributed by atoms with Crippen molar-refractivity contribution in [1.29, 1.82) is 0 Å². The summed E-state index contributed by atoms with van der Waals surface area (Å²) in [6.45, 7) is 0. The maximum absolute atomic E-state index is 9.92. The Bertz CT molecular complexity index is 144. The zero-order valence-corrected chi connectivity index (χ0v) is 6.21. The molecule has 0 aromatic heterocycles. The highest BCUT2D eigenvalue weighted by Crippen LogP contribution is 2.47. The van der Waals surface area contributed by atoms with Gasteiger partial charge in [-0.25, -0.2) is 0 Å². The highest BCUT2D eigenvalue weighted by molar-refractivity contribution is 5.01. The van der Waals surface area contributed by atoms with Gasteiger partial charge in [-0.1, -0.05) is 0 Å². The molecule has 0 aromatic carbocycles. The summed E-state index contributed by atoms with van der Waals surface area (Å²) in [5, 5.41) is 9.92. The average Bonchev–Trinajstić information content (AvgIpc) is 2.62. The predicted octanol–water partition coefficient (Wildman–Crippen LogP) is 0.639. The van der Waals surface area contributed by atoms with Crippen LogP contribution in [0.4, 0.5) is 0 Å². The molecule has 58 valence electrons. The summed E-state index contributed by atoms with van der Waals surface area (Å²) in [6.07, 6.45) is 5.26. The molecule has 2 rings (SSSR count). The SMILES string of the molecule is NC1CCC(O)(C2CC2)C1. The summed E-state index contributed by atoms with van der Waals surface area (Å²) in [7, 11) is 0. The standard InChI is InChI=1S/C8H15NO/c9-7-3-4-8(10,5-7)6-1-2-6/h6-7,10H,1-5,9H2. The molecule has 2 unspecified atom stereocenters. The molecule has 2 aliphatic carbocycles. The maximum atomic E-state index is 9.92. The lowest BCUT2D eigenvalue weighted by molar-refractivity contribution is 0.0236. The van der Waals surface area contributed by atoms with Crippen LogP contribution in [-0.2, 0) is 0 Å². The van der Waals surface area contributed by atoms with Gasteiger partial charge in [-0.2, -0.15) is 0 Å². The third-order valence-corrected chi connectivity index (χ3v) is 2.90. The van der Waals surface area contributed by atoms with Crippen molar-refractivity contribution in [1.82, 2.24) is 0 Å². The van der Waals surface area contributed by atoms with Gasteiger partial charge in [-0.3, -0.25) is 0 Å². The Morgan fingerprint density at radius 3 is 2.40 bits per heavy atom. The summed E-state index contributed by atoms with van der Waals surface area (Å²) in [6, 6.07) is 0.269. The highest BCUT2D eigenvalue weighted by atomic mass is 16.3. The lowest BCUT2D eigenvalue weighted by Gasteiger charge is -2.21. The second-order valence-corrected chi connectivity index (χ2v) is 3.88. The Kier molecular flexibility index (Phi) is 1.29. The molecular formula is C8H15NO. The minimum absolute atomic E-state index is 0.269. The fourth-order valence-corrected chi connectivity index (χ4v) is 2.08. The van der Waals surface area contributed by atoms with E-state index < -0.39 is 0 Å². The van der Waals surface area contributed by atoms with E-state index in [1.807, 2.05) is 0 Å². The van der Waals surface area contributed by atoms with E-state index in [1.165, 1.54) is 12.8 Å². The molecule has 0 bridgehead atoms. The Balaban J connectivity index is 2.01. The largest absolute Gasteiger partial charge is 0.390 e. The smallest absolute Gasteiger partial charge is 0.0691 e. The quantitative estimate of drug-likeness (QED) is 0.563. The summed E-state index contributed by atoms with van der Waals surface area (Å²) in [4.78, 5) is 0. The van der Waals surface area contributed by atoms with Gasteiger partial charge in [0, 0.05) is 6.04 Å². The summed E-state index contributed by atoms with van der Waals surface area (Å²) in [5.41, 5.74) is 5.37. The van der Waals surface area contributed by atoms with Crippen molar-refractivity contribution in [3.05, 3.63) is 0 Å². The van der Waals surface area contributed by atoms with Crippen molar-refractivity contribution < 1.29 is 5.11 Å². The zero-order valence-electron chi connectivity index (χ0n) is 6.21. The first-order valence-electron chi connectivity index (χ1n) is 4.19. The van der Waals surface area contributed by atoms with Crippen LogP contribution >= 0.6 is 0 Å². The van der Waals surface area contributed by atoms with Crippen molar-refractivity contribution in [2.75, 3.05) is 0 Å². The molecule has 3 N–H and O–H groups in total. The van der Waals surface area contributed by atoms with Gasteiger partial charge in [0.05, 0.1) is 5.60 Å². The molecule has 0 saturated heterocycles. The second-order valence-electron chi connectivity index (χ2n) is 3.88. The first-order chi connectivity index (χ1) is 4.71. The Morgan fingerprint density at radius 2 is 2.00 bits per heavy atom. The lowest BCUT2D eigenvalue weighted by Crippen LogP contribution is -2.29. The van der Waals surface area contributed by atoms with Gasteiger partial charge in [-0.15, -0.1) is 0 Å². The van der Waals surface area contributed by atoms with Gasteiger partial charge in [0.1, 0.15) is 0 Å². The lowest BCUT2D eigenvalue weighted by atomic mass is 9.96. The maximum Gasteiger partial charge on any atom is 0.0691 e. The summed E-state index contributed by atoms with van der Waals surface area (Å²) >= 11 is 0. The molecule has 2 aliphatic rings. The minimum atomic E-state index is -0.348. The molecule has 0 aliphatic heterocycles. The van der Waals surface area contributed by atoms with Crippen LogP contribution < -0.4 is 5.73 Å². The van der Waals surface area contributed by atoms with E-state index in [1.54, 1.807) is 0 Å². The van der Waals surface area contributed by atoms with Crippen LogP contribution in [0.2, 0.25) is 0 Å². The Morgan fingerprint density at radius 1 is 1.30 bits per heavy atom. The summed E-state index contributed by atoms with van der Waals surface area (Å²) < 4.78 is 0. The van der Waals surface area contributed by atoms with Crippen LogP contribution in [0.3, 0.4) is 0 Å². The van der Waals surface area contributed by atoms with Crippen molar-refractivity contribution in [3.63, 3.8) is 0 Å². The fourth-order valence-electron chi connectivity index (χ4n) is 2.08. The van der Waals surface area contributed by atoms with E-state index in [4.69, 9.17) is 5.73 Å². The third-order valence-electron chi connectivity index (χ3n) is 2.90. The normalized spacial score (nSPS) is 48.0. The molecule has 0 amide bonds. The number of hydrogen-bond acceptors (Lipinski definition) is 2. The monoisotopic (exact) mass is 141 g/mol. The second kappa shape index (κ2) is 1.95. The van der Waals surface area contributed by atoms with E-state index in [0.717, 1.165) is 19.3 Å². The molecule has 0 spiro atoms. The van der Waals surface area contributed by atoms with Gasteiger partial charge in [0.15, 0.2) is 0 Å². The molecule has 2 atom stereocenters. The Labute approximate surface area is 61.4 Å². The number of hydrogen-bond donors (Lipinski definition) is 2. The molecule has 2 fully saturated rings. The average molecular weight is 141 g/mol. The van der Waals surface area contributed by atoms with E-state index in [-0.39, 0.29) is 11.6 Å². The van der Waals surface area contributed by atoms with E-state index >= 15 is 0 Å². The van der Waals surface area contributed by atoms with Gasteiger partial charge in [0.25, 0.3) is 0 Å². The van der Waals surface area contributed by atoms with Crippen LogP contribution in [0, 0.1) is 5.92 Å². The number of nitrogens with two attached hydrogens (primary N) is 1. The van der Waals surface area contributed by atoms with E-state index in [9.17, 15) is 5.11 Å². The van der Waals surface area contributed by atoms with Crippen molar-refractivity contribution in [3.8, 4) is 0 Å². The molecule has 2 heteroatoms. The number of aliphatic hydroxyl groups is 1. The van der Waals surface area contributed by atoms with E-state index in [0.29, 0.717) is 5.92 Å². The first kappa shape index (κ1) is 6.62. The van der Waals surface area contributed by atoms with Gasteiger partial charge >= 0.3 is 0 Å². The molecule has 2 saturated carbocycles. The Hall–Kier alpha value is -0.0800. The molecule has 10 heavy (non-hydrogen) atoms. The molecule has 2 nitrogen and oxygen atoms in total. The minimum Gasteiger partial charge on any atom is -0.390 e. The highest BCUT2D eigenvalue weighted by Gasteiger charge is 2.47. The van der Waals surface area contributed by atoms with Crippen LogP contribution in [0.1, 0.15) is 32.1 Å². The predicted molar refractivity (Wildman–Crippen MR) is 39.5 cm³/mol. The van der Waals surface area contributed by atoms with Crippen LogP contribution in [0.15, 0.2) is 0 Å². The van der Waals surface area contributed by atoms with Gasteiger partial charge in [0.2, 0.25) is 0 Å². The van der Waals surface area contributed by atoms with Crippen LogP contribution in [-0.4, -0.2) is 16.7 Å². The first-order valence-corrected chi connectivity index (χ1v) is 4.19. The van der Waals surface area contributed by atoms with Crippen molar-refractivity contribution in [2.45, 2.75) is 43.7 Å². The van der Waals surface area contributed by atoms with Crippen LogP contribution in [0.5, 0.6) is 0 Å². The van der Waals surface area contributed by atoms with E-state index in [2.05, 4.69) is 0 Å². The summed E-state index contributed by atoms with van der Waals surface area (Å²) in [5.74, 6) is 0.598.